The van der Waals surface area contributed by atoms with Gasteiger partial charge >= 0.3 is 0 Å². The first-order chi connectivity index (χ1) is 15.3. The van der Waals surface area contributed by atoms with Crippen LogP contribution in [0.2, 0.25) is 0 Å². The standard InChI is InChI=1S/C23H46N2O7/c1-23(2,6-8-24(3)7-5-11-27-16-21-18-30-21)32-15-20(26)14-28-12-9-25(4)10-13-29-17-22-19-31-22/h20-22,26H,5-19H2,1-4H3. The molecule has 0 amide bonds. The summed E-state index contributed by atoms with van der Waals surface area (Å²) < 4.78 is 32.9. The molecule has 1 N–H and O–H groups in total. The Morgan fingerprint density at radius 2 is 1.41 bits per heavy atom. The number of aliphatic hydroxyl groups is 1. The lowest BCUT2D eigenvalue weighted by atomic mass is 10.0. The Balaban J connectivity index is 1.39. The quantitative estimate of drug-likeness (QED) is 0.184. The fourth-order valence-electron chi connectivity index (χ4n) is 2.98. The fraction of sp³-hybridized carbons (Fsp3) is 1.00. The van der Waals surface area contributed by atoms with Gasteiger partial charge in [0.2, 0.25) is 0 Å². The van der Waals surface area contributed by atoms with E-state index in [-0.39, 0.29) is 18.8 Å². The van der Waals surface area contributed by atoms with Crippen molar-refractivity contribution in [1.82, 2.24) is 9.80 Å². The van der Waals surface area contributed by atoms with Gasteiger partial charge in [0.15, 0.2) is 0 Å². The monoisotopic (exact) mass is 462 g/mol. The molecule has 9 nitrogen and oxygen atoms in total. The number of hydrogen-bond acceptors (Lipinski definition) is 9. The zero-order chi connectivity index (χ0) is 23.2. The van der Waals surface area contributed by atoms with E-state index in [2.05, 4.69) is 30.7 Å². The number of aliphatic hydroxyl groups excluding tert-OH is 1. The summed E-state index contributed by atoms with van der Waals surface area (Å²) in [5.41, 5.74) is -0.291. The van der Waals surface area contributed by atoms with E-state index >= 15 is 0 Å². The van der Waals surface area contributed by atoms with Gasteiger partial charge in [-0.05, 0) is 40.8 Å². The van der Waals surface area contributed by atoms with Crippen LogP contribution in [-0.2, 0) is 28.4 Å². The molecular formula is C23H46N2O7. The normalized spacial score (nSPS) is 21.5. The van der Waals surface area contributed by atoms with Crippen molar-refractivity contribution in [3.63, 3.8) is 0 Å². The Bertz CT molecular complexity index is 475. The molecule has 0 aromatic rings. The highest BCUT2D eigenvalue weighted by Gasteiger charge is 2.23. The third-order valence-electron chi connectivity index (χ3n) is 5.55. The molecule has 2 rings (SSSR count). The van der Waals surface area contributed by atoms with Gasteiger partial charge in [-0.2, -0.15) is 0 Å². The van der Waals surface area contributed by atoms with Gasteiger partial charge in [-0.15, -0.1) is 0 Å². The predicted molar refractivity (Wildman–Crippen MR) is 122 cm³/mol. The van der Waals surface area contributed by atoms with Crippen LogP contribution < -0.4 is 0 Å². The molecule has 2 fully saturated rings. The Kier molecular flexibility index (Phi) is 13.5. The molecule has 2 aliphatic heterocycles. The van der Waals surface area contributed by atoms with Gasteiger partial charge in [-0.3, -0.25) is 0 Å². The van der Waals surface area contributed by atoms with E-state index in [1.165, 1.54) is 0 Å². The molecule has 3 unspecified atom stereocenters. The summed E-state index contributed by atoms with van der Waals surface area (Å²) in [7, 11) is 4.16. The van der Waals surface area contributed by atoms with Crippen LogP contribution in [0.25, 0.3) is 0 Å². The van der Waals surface area contributed by atoms with Crippen LogP contribution in [0, 0.1) is 0 Å². The molecule has 9 heteroatoms. The Morgan fingerprint density at radius 3 is 2.03 bits per heavy atom. The second kappa shape index (κ2) is 15.5. The second-order valence-electron chi connectivity index (χ2n) is 9.57. The highest BCUT2D eigenvalue weighted by Crippen LogP contribution is 2.15. The summed E-state index contributed by atoms with van der Waals surface area (Å²) in [6, 6.07) is 0. The topological polar surface area (TPSA) is 88.7 Å². The van der Waals surface area contributed by atoms with Gasteiger partial charge in [0, 0.05) is 32.8 Å². The van der Waals surface area contributed by atoms with Crippen molar-refractivity contribution >= 4 is 0 Å². The van der Waals surface area contributed by atoms with Gasteiger partial charge < -0.3 is 43.3 Å². The maximum atomic E-state index is 10.2. The minimum Gasteiger partial charge on any atom is -0.388 e. The molecule has 190 valence electrons. The highest BCUT2D eigenvalue weighted by atomic mass is 16.6. The molecule has 0 aromatic heterocycles. The van der Waals surface area contributed by atoms with Crippen LogP contribution in [-0.4, -0.2) is 139 Å². The molecule has 0 aliphatic carbocycles. The van der Waals surface area contributed by atoms with Crippen LogP contribution in [0.15, 0.2) is 0 Å². The first kappa shape index (κ1) is 27.9. The van der Waals surface area contributed by atoms with Crippen LogP contribution >= 0.6 is 0 Å². The van der Waals surface area contributed by atoms with Gasteiger partial charge in [-0.1, -0.05) is 0 Å². The molecule has 0 aromatic carbocycles. The van der Waals surface area contributed by atoms with Crippen molar-refractivity contribution in [1.29, 1.82) is 0 Å². The number of likely N-dealkylation sites (N-methyl/N-ethyl adjacent to an activating group) is 1. The average Bonchev–Trinajstić information content (AvgIpc) is 3.66. The summed E-state index contributed by atoms with van der Waals surface area (Å²) in [6.07, 6.45) is 1.94. The lowest BCUT2D eigenvalue weighted by Gasteiger charge is -2.29. The molecular weight excluding hydrogens is 416 g/mol. The average molecular weight is 463 g/mol. The van der Waals surface area contributed by atoms with E-state index in [1.54, 1.807) is 0 Å². The third kappa shape index (κ3) is 15.5. The predicted octanol–water partition coefficient (Wildman–Crippen LogP) is 0.634. The highest BCUT2D eigenvalue weighted by molar-refractivity contribution is 4.72. The third-order valence-corrected chi connectivity index (χ3v) is 5.55. The summed E-state index contributed by atoms with van der Waals surface area (Å²) in [5.74, 6) is 0. The second-order valence-corrected chi connectivity index (χ2v) is 9.57. The molecule has 3 atom stereocenters. The molecule has 2 heterocycles. The number of rotatable bonds is 22. The molecule has 0 bridgehead atoms. The first-order valence-corrected chi connectivity index (χ1v) is 12.0. The number of ether oxygens (including phenoxy) is 6. The summed E-state index contributed by atoms with van der Waals surface area (Å²) in [5, 5.41) is 10.2. The van der Waals surface area contributed by atoms with Crippen LogP contribution in [0.4, 0.5) is 0 Å². The summed E-state index contributed by atoms with van der Waals surface area (Å²) in [4.78, 5) is 4.45. The first-order valence-electron chi connectivity index (χ1n) is 12.0. The van der Waals surface area contributed by atoms with Crippen LogP contribution in [0.5, 0.6) is 0 Å². The van der Waals surface area contributed by atoms with Gasteiger partial charge in [-0.25, -0.2) is 0 Å². The Hall–Kier alpha value is -0.360. The molecule has 2 saturated heterocycles. The molecule has 0 saturated carbocycles. The van der Waals surface area contributed by atoms with Crippen molar-refractivity contribution < 1.29 is 33.5 Å². The number of nitrogens with zero attached hydrogens (tertiary/aromatic N) is 2. The maximum absolute atomic E-state index is 10.2. The Morgan fingerprint density at radius 1 is 0.844 bits per heavy atom. The largest absolute Gasteiger partial charge is 0.388 e. The van der Waals surface area contributed by atoms with E-state index in [0.29, 0.717) is 32.0 Å². The SMILES string of the molecule is CN(CCOCC(O)COC(C)(C)CCN(C)CCCOCC1CO1)CCOCC1CO1. The number of hydrogen-bond donors (Lipinski definition) is 1. The van der Waals surface area contributed by atoms with E-state index in [4.69, 9.17) is 28.4 Å². The fourth-order valence-corrected chi connectivity index (χ4v) is 2.98. The Labute approximate surface area is 194 Å². The molecule has 0 radical (unpaired) electrons. The maximum Gasteiger partial charge on any atom is 0.104 e. The zero-order valence-corrected chi connectivity index (χ0v) is 20.6. The van der Waals surface area contributed by atoms with Crippen molar-refractivity contribution in [2.24, 2.45) is 0 Å². The number of epoxide rings is 2. The smallest absolute Gasteiger partial charge is 0.104 e. The van der Waals surface area contributed by atoms with Gasteiger partial charge in [0.1, 0.15) is 18.3 Å². The van der Waals surface area contributed by atoms with Crippen molar-refractivity contribution in [3.05, 3.63) is 0 Å². The molecule has 2 aliphatic rings. The summed E-state index contributed by atoms with van der Waals surface area (Å²) in [6.45, 7) is 13.4. The lowest BCUT2D eigenvalue weighted by molar-refractivity contribution is -0.0849. The van der Waals surface area contributed by atoms with E-state index in [1.807, 2.05) is 7.05 Å². The van der Waals surface area contributed by atoms with Gasteiger partial charge in [0.05, 0.1) is 58.5 Å². The van der Waals surface area contributed by atoms with Gasteiger partial charge in [0.25, 0.3) is 0 Å². The van der Waals surface area contributed by atoms with Crippen LogP contribution in [0.1, 0.15) is 26.7 Å². The lowest BCUT2D eigenvalue weighted by Crippen LogP contribution is -2.35. The van der Waals surface area contributed by atoms with E-state index in [9.17, 15) is 5.11 Å². The molecule has 0 spiro atoms. The zero-order valence-electron chi connectivity index (χ0n) is 20.6. The van der Waals surface area contributed by atoms with E-state index in [0.717, 1.165) is 65.4 Å². The van der Waals surface area contributed by atoms with Crippen molar-refractivity contribution in [2.75, 3.05) is 99.7 Å². The van der Waals surface area contributed by atoms with Crippen LogP contribution in [0.3, 0.4) is 0 Å². The van der Waals surface area contributed by atoms with Crippen molar-refractivity contribution in [3.8, 4) is 0 Å². The molecule has 32 heavy (non-hydrogen) atoms. The minimum atomic E-state index is -0.619. The summed E-state index contributed by atoms with van der Waals surface area (Å²) >= 11 is 0. The minimum absolute atomic E-state index is 0.278. The van der Waals surface area contributed by atoms with E-state index < -0.39 is 6.10 Å². The van der Waals surface area contributed by atoms with Crippen molar-refractivity contribution in [2.45, 2.75) is 50.6 Å².